The SMILES string of the molecule is CC(O)(CNCCc1ccccc1)c1ccccc1. The summed E-state index contributed by atoms with van der Waals surface area (Å²) < 4.78 is 0. The van der Waals surface area contributed by atoms with Crippen LogP contribution in [0.2, 0.25) is 0 Å². The standard InChI is InChI=1S/C17H21NO/c1-17(19,16-10-6-3-7-11-16)14-18-13-12-15-8-4-2-5-9-15/h2-11,18-19H,12-14H2,1H3. The van der Waals surface area contributed by atoms with E-state index in [1.54, 1.807) is 0 Å². The zero-order valence-electron chi connectivity index (χ0n) is 11.3. The summed E-state index contributed by atoms with van der Waals surface area (Å²) in [5.74, 6) is 0. The highest BCUT2D eigenvalue weighted by atomic mass is 16.3. The number of hydrogen-bond donors (Lipinski definition) is 2. The highest BCUT2D eigenvalue weighted by Crippen LogP contribution is 2.18. The van der Waals surface area contributed by atoms with Crippen molar-refractivity contribution in [2.75, 3.05) is 13.1 Å². The van der Waals surface area contributed by atoms with Gasteiger partial charge in [-0.3, -0.25) is 0 Å². The molecule has 2 N–H and O–H groups in total. The topological polar surface area (TPSA) is 32.3 Å². The van der Waals surface area contributed by atoms with Gasteiger partial charge in [-0.2, -0.15) is 0 Å². The predicted octanol–water partition coefficient (Wildman–Crippen LogP) is 2.73. The van der Waals surface area contributed by atoms with E-state index in [4.69, 9.17) is 0 Å². The summed E-state index contributed by atoms with van der Waals surface area (Å²) in [5.41, 5.74) is 1.44. The van der Waals surface area contributed by atoms with Crippen molar-refractivity contribution in [1.82, 2.24) is 5.32 Å². The van der Waals surface area contributed by atoms with Crippen molar-refractivity contribution in [2.45, 2.75) is 18.9 Å². The maximum absolute atomic E-state index is 10.4. The summed E-state index contributed by atoms with van der Waals surface area (Å²) in [6, 6.07) is 20.2. The van der Waals surface area contributed by atoms with Gasteiger partial charge in [0.05, 0.1) is 5.60 Å². The van der Waals surface area contributed by atoms with Crippen molar-refractivity contribution < 1.29 is 5.11 Å². The third-order valence-electron chi connectivity index (χ3n) is 3.30. The first-order valence-corrected chi connectivity index (χ1v) is 6.71. The molecule has 1 unspecified atom stereocenters. The predicted molar refractivity (Wildman–Crippen MR) is 79.0 cm³/mol. The zero-order chi connectivity index (χ0) is 13.6. The van der Waals surface area contributed by atoms with Gasteiger partial charge in [0.25, 0.3) is 0 Å². The fourth-order valence-electron chi connectivity index (χ4n) is 2.11. The lowest BCUT2D eigenvalue weighted by Crippen LogP contribution is -2.36. The van der Waals surface area contributed by atoms with Gasteiger partial charge in [0, 0.05) is 6.54 Å². The second kappa shape index (κ2) is 6.50. The van der Waals surface area contributed by atoms with Crippen molar-refractivity contribution in [1.29, 1.82) is 0 Å². The van der Waals surface area contributed by atoms with Gasteiger partial charge in [-0.05, 0) is 31.0 Å². The molecule has 0 radical (unpaired) electrons. The number of nitrogens with one attached hydrogen (secondary N) is 1. The third kappa shape index (κ3) is 4.19. The first-order valence-electron chi connectivity index (χ1n) is 6.71. The molecule has 0 aliphatic carbocycles. The van der Waals surface area contributed by atoms with Gasteiger partial charge in [0.1, 0.15) is 0 Å². The van der Waals surface area contributed by atoms with Crippen LogP contribution in [0.5, 0.6) is 0 Å². The van der Waals surface area contributed by atoms with Gasteiger partial charge in [0.15, 0.2) is 0 Å². The summed E-state index contributed by atoms with van der Waals surface area (Å²) >= 11 is 0. The molecule has 100 valence electrons. The van der Waals surface area contributed by atoms with Crippen molar-refractivity contribution in [3.05, 3.63) is 71.8 Å². The Labute approximate surface area is 115 Å². The normalized spacial score (nSPS) is 14.0. The van der Waals surface area contributed by atoms with Crippen LogP contribution >= 0.6 is 0 Å². The monoisotopic (exact) mass is 255 g/mol. The molecule has 1 atom stereocenters. The average molecular weight is 255 g/mol. The Kier molecular flexibility index (Phi) is 4.72. The van der Waals surface area contributed by atoms with Crippen LogP contribution in [0.3, 0.4) is 0 Å². The molecule has 0 aromatic heterocycles. The summed E-state index contributed by atoms with van der Waals surface area (Å²) in [5, 5.41) is 13.7. The minimum Gasteiger partial charge on any atom is -0.384 e. The van der Waals surface area contributed by atoms with E-state index in [1.165, 1.54) is 5.56 Å². The Morgan fingerprint density at radius 3 is 2.16 bits per heavy atom. The minimum absolute atomic E-state index is 0.559. The molecule has 19 heavy (non-hydrogen) atoms. The lowest BCUT2D eigenvalue weighted by molar-refractivity contribution is 0.0573. The van der Waals surface area contributed by atoms with Gasteiger partial charge in [-0.1, -0.05) is 60.7 Å². The Morgan fingerprint density at radius 2 is 1.53 bits per heavy atom. The maximum atomic E-state index is 10.4. The second-order valence-electron chi connectivity index (χ2n) is 5.05. The fraction of sp³-hybridized carbons (Fsp3) is 0.294. The molecule has 0 saturated heterocycles. The third-order valence-corrected chi connectivity index (χ3v) is 3.30. The Balaban J connectivity index is 1.79. The van der Waals surface area contributed by atoms with Crippen LogP contribution < -0.4 is 5.32 Å². The lowest BCUT2D eigenvalue weighted by atomic mass is 9.96. The van der Waals surface area contributed by atoms with E-state index >= 15 is 0 Å². The van der Waals surface area contributed by atoms with Crippen molar-refractivity contribution in [3.63, 3.8) is 0 Å². The molecule has 0 aliphatic rings. The number of rotatable bonds is 6. The van der Waals surface area contributed by atoms with Gasteiger partial charge >= 0.3 is 0 Å². The molecular weight excluding hydrogens is 234 g/mol. The fourth-order valence-corrected chi connectivity index (χ4v) is 2.11. The van der Waals surface area contributed by atoms with Gasteiger partial charge in [-0.25, -0.2) is 0 Å². The van der Waals surface area contributed by atoms with Crippen LogP contribution in [-0.4, -0.2) is 18.2 Å². The van der Waals surface area contributed by atoms with E-state index in [-0.39, 0.29) is 0 Å². The van der Waals surface area contributed by atoms with E-state index in [0.29, 0.717) is 6.54 Å². The van der Waals surface area contributed by atoms with Crippen LogP contribution in [0.4, 0.5) is 0 Å². The second-order valence-corrected chi connectivity index (χ2v) is 5.05. The van der Waals surface area contributed by atoms with Gasteiger partial charge in [-0.15, -0.1) is 0 Å². The summed E-state index contributed by atoms with van der Waals surface area (Å²) in [6.45, 7) is 3.27. The molecular formula is C17H21NO. The van der Waals surface area contributed by atoms with E-state index in [0.717, 1.165) is 18.5 Å². The molecule has 2 nitrogen and oxygen atoms in total. The maximum Gasteiger partial charge on any atom is 0.0992 e. The van der Waals surface area contributed by atoms with E-state index < -0.39 is 5.60 Å². The van der Waals surface area contributed by atoms with E-state index in [1.807, 2.05) is 43.3 Å². The van der Waals surface area contributed by atoms with Gasteiger partial charge < -0.3 is 10.4 Å². The quantitative estimate of drug-likeness (QED) is 0.778. The number of hydrogen-bond acceptors (Lipinski definition) is 2. The van der Waals surface area contributed by atoms with Crippen LogP contribution in [-0.2, 0) is 12.0 Å². The first-order chi connectivity index (χ1) is 9.18. The highest BCUT2D eigenvalue weighted by molar-refractivity contribution is 5.21. The van der Waals surface area contributed by atoms with Crippen LogP contribution in [0.25, 0.3) is 0 Å². The van der Waals surface area contributed by atoms with Crippen LogP contribution in [0.1, 0.15) is 18.1 Å². The van der Waals surface area contributed by atoms with Crippen molar-refractivity contribution >= 4 is 0 Å². The van der Waals surface area contributed by atoms with Crippen molar-refractivity contribution in [3.8, 4) is 0 Å². The van der Waals surface area contributed by atoms with E-state index in [9.17, 15) is 5.11 Å². The largest absolute Gasteiger partial charge is 0.384 e. The van der Waals surface area contributed by atoms with E-state index in [2.05, 4.69) is 29.6 Å². The first kappa shape index (κ1) is 13.8. The molecule has 0 fully saturated rings. The molecule has 2 aromatic rings. The zero-order valence-corrected chi connectivity index (χ0v) is 11.3. The minimum atomic E-state index is -0.821. The number of benzene rings is 2. The Bertz CT molecular complexity index is 479. The summed E-state index contributed by atoms with van der Waals surface area (Å²) in [7, 11) is 0. The van der Waals surface area contributed by atoms with Gasteiger partial charge in [0.2, 0.25) is 0 Å². The molecule has 0 aliphatic heterocycles. The number of aliphatic hydroxyl groups is 1. The summed E-state index contributed by atoms with van der Waals surface area (Å²) in [6.07, 6.45) is 0.978. The Morgan fingerprint density at radius 1 is 0.947 bits per heavy atom. The highest BCUT2D eigenvalue weighted by Gasteiger charge is 2.21. The molecule has 0 bridgehead atoms. The molecule has 2 rings (SSSR count). The average Bonchev–Trinajstić information content (AvgIpc) is 2.46. The molecule has 0 amide bonds. The molecule has 0 spiro atoms. The molecule has 2 aromatic carbocycles. The van der Waals surface area contributed by atoms with Crippen molar-refractivity contribution in [2.24, 2.45) is 0 Å². The Hall–Kier alpha value is -1.64. The lowest BCUT2D eigenvalue weighted by Gasteiger charge is -2.24. The molecule has 0 saturated carbocycles. The summed E-state index contributed by atoms with van der Waals surface area (Å²) in [4.78, 5) is 0. The molecule has 2 heteroatoms. The van der Waals surface area contributed by atoms with Crippen LogP contribution in [0.15, 0.2) is 60.7 Å². The molecule has 0 heterocycles. The van der Waals surface area contributed by atoms with Crippen LogP contribution in [0, 0.1) is 0 Å². The smallest absolute Gasteiger partial charge is 0.0992 e.